The molecule has 0 aliphatic carbocycles. The van der Waals surface area contributed by atoms with Gasteiger partial charge in [0.2, 0.25) is 0 Å². The predicted molar refractivity (Wildman–Crippen MR) is 82.8 cm³/mol. The summed E-state index contributed by atoms with van der Waals surface area (Å²) in [5.41, 5.74) is 0.794. The van der Waals surface area contributed by atoms with Crippen LogP contribution in [0.15, 0.2) is 18.5 Å². The molecule has 1 fully saturated rings. The third-order valence-corrected chi connectivity index (χ3v) is 3.59. The molecule has 6 nitrogen and oxygen atoms in total. The Kier molecular flexibility index (Phi) is 6.33. The van der Waals surface area contributed by atoms with Crippen LogP contribution in [-0.2, 0) is 4.74 Å². The van der Waals surface area contributed by atoms with Crippen molar-refractivity contribution in [2.75, 3.05) is 19.7 Å². The summed E-state index contributed by atoms with van der Waals surface area (Å²) < 4.78 is 5.46. The molecule has 2 N–H and O–H groups in total. The highest BCUT2D eigenvalue weighted by Crippen LogP contribution is 2.11. The van der Waals surface area contributed by atoms with Crippen molar-refractivity contribution < 1.29 is 14.3 Å². The van der Waals surface area contributed by atoms with E-state index in [0.717, 1.165) is 32.3 Å². The number of carbonyl (C=O) groups is 2. The molecule has 1 atom stereocenters. The van der Waals surface area contributed by atoms with E-state index in [0.29, 0.717) is 24.2 Å². The quantitative estimate of drug-likeness (QED) is 0.749. The highest BCUT2D eigenvalue weighted by Gasteiger charge is 2.17. The van der Waals surface area contributed by atoms with Gasteiger partial charge in [0, 0.05) is 32.1 Å². The maximum atomic E-state index is 12.1. The first-order valence-corrected chi connectivity index (χ1v) is 7.83. The minimum atomic E-state index is -0.230. The second kappa shape index (κ2) is 8.48. The molecule has 0 saturated carbocycles. The maximum absolute atomic E-state index is 12.1. The zero-order valence-corrected chi connectivity index (χ0v) is 12.9. The number of amides is 2. The van der Waals surface area contributed by atoms with E-state index >= 15 is 0 Å². The largest absolute Gasteiger partial charge is 0.376 e. The van der Waals surface area contributed by atoms with E-state index in [1.807, 2.05) is 0 Å². The van der Waals surface area contributed by atoms with Gasteiger partial charge in [-0.15, -0.1) is 0 Å². The first-order chi connectivity index (χ1) is 10.7. The Labute approximate surface area is 130 Å². The summed E-state index contributed by atoms with van der Waals surface area (Å²) in [5, 5.41) is 5.64. The van der Waals surface area contributed by atoms with Gasteiger partial charge in [0.25, 0.3) is 11.8 Å². The van der Waals surface area contributed by atoms with Crippen LogP contribution in [0.25, 0.3) is 0 Å². The van der Waals surface area contributed by atoms with E-state index in [9.17, 15) is 9.59 Å². The molecule has 2 heterocycles. The van der Waals surface area contributed by atoms with Crippen molar-refractivity contribution in [3.8, 4) is 0 Å². The first kappa shape index (κ1) is 16.4. The van der Waals surface area contributed by atoms with Gasteiger partial charge in [0.15, 0.2) is 0 Å². The lowest BCUT2D eigenvalue weighted by atomic mass is 10.1. The Morgan fingerprint density at radius 1 is 1.27 bits per heavy atom. The second-order valence-corrected chi connectivity index (χ2v) is 5.42. The molecule has 1 aliphatic rings. The average Bonchev–Trinajstić information content (AvgIpc) is 3.06. The molecule has 22 heavy (non-hydrogen) atoms. The summed E-state index contributed by atoms with van der Waals surface area (Å²) in [4.78, 5) is 28.0. The standard InChI is InChI=1S/C16H23N3O3/c1-2-3-6-18-15(20)12-8-13(10-17-9-12)16(21)19-11-14-5-4-7-22-14/h8-10,14H,2-7,11H2,1H3,(H,18,20)(H,19,21). The number of hydrogen-bond donors (Lipinski definition) is 2. The minimum Gasteiger partial charge on any atom is -0.376 e. The lowest BCUT2D eigenvalue weighted by Gasteiger charge is -2.11. The number of nitrogens with zero attached hydrogens (tertiary/aromatic N) is 1. The van der Waals surface area contributed by atoms with Crippen LogP contribution in [0.3, 0.4) is 0 Å². The lowest BCUT2D eigenvalue weighted by molar-refractivity contribution is 0.0857. The van der Waals surface area contributed by atoms with Crippen LogP contribution in [0.4, 0.5) is 0 Å². The molecule has 0 radical (unpaired) electrons. The van der Waals surface area contributed by atoms with E-state index < -0.39 is 0 Å². The monoisotopic (exact) mass is 305 g/mol. The summed E-state index contributed by atoms with van der Waals surface area (Å²) in [6.07, 6.45) is 6.99. The van der Waals surface area contributed by atoms with Crippen molar-refractivity contribution in [1.29, 1.82) is 0 Å². The maximum Gasteiger partial charge on any atom is 0.252 e. The van der Waals surface area contributed by atoms with Crippen molar-refractivity contribution in [1.82, 2.24) is 15.6 Å². The highest BCUT2D eigenvalue weighted by atomic mass is 16.5. The zero-order chi connectivity index (χ0) is 15.8. The number of pyridine rings is 1. The number of aromatic nitrogens is 1. The number of carbonyl (C=O) groups excluding carboxylic acids is 2. The Morgan fingerprint density at radius 3 is 2.64 bits per heavy atom. The molecular weight excluding hydrogens is 282 g/mol. The molecule has 1 unspecified atom stereocenters. The smallest absolute Gasteiger partial charge is 0.252 e. The molecule has 1 aromatic rings. The van der Waals surface area contributed by atoms with Crippen molar-refractivity contribution >= 4 is 11.8 Å². The fourth-order valence-corrected chi connectivity index (χ4v) is 2.28. The number of hydrogen-bond acceptors (Lipinski definition) is 4. The van der Waals surface area contributed by atoms with Crippen LogP contribution >= 0.6 is 0 Å². The van der Waals surface area contributed by atoms with E-state index in [-0.39, 0.29) is 17.9 Å². The summed E-state index contributed by atoms with van der Waals surface area (Å²) in [6, 6.07) is 1.57. The highest BCUT2D eigenvalue weighted by molar-refractivity contribution is 5.99. The summed E-state index contributed by atoms with van der Waals surface area (Å²) in [6.45, 7) is 3.94. The summed E-state index contributed by atoms with van der Waals surface area (Å²) in [5.74, 6) is -0.430. The van der Waals surface area contributed by atoms with Crippen LogP contribution in [-0.4, -0.2) is 42.6 Å². The zero-order valence-electron chi connectivity index (χ0n) is 12.9. The van der Waals surface area contributed by atoms with Gasteiger partial charge in [0.1, 0.15) is 0 Å². The Morgan fingerprint density at radius 2 is 2.00 bits per heavy atom. The third-order valence-electron chi connectivity index (χ3n) is 3.59. The normalized spacial score (nSPS) is 17.2. The fraction of sp³-hybridized carbons (Fsp3) is 0.562. The molecule has 1 aliphatic heterocycles. The molecule has 0 spiro atoms. The Bertz CT molecular complexity index is 513. The van der Waals surface area contributed by atoms with Gasteiger partial charge in [0.05, 0.1) is 17.2 Å². The molecule has 1 aromatic heterocycles. The van der Waals surface area contributed by atoms with Crippen molar-refractivity contribution in [3.63, 3.8) is 0 Å². The van der Waals surface area contributed by atoms with E-state index in [1.165, 1.54) is 12.4 Å². The van der Waals surface area contributed by atoms with Gasteiger partial charge in [-0.3, -0.25) is 14.6 Å². The minimum absolute atomic E-state index is 0.0948. The number of ether oxygens (including phenoxy) is 1. The number of unbranched alkanes of at least 4 members (excludes halogenated alkanes) is 1. The predicted octanol–water partition coefficient (Wildman–Crippen LogP) is 1.52. The second-order valence-electron chi connectivity index (χ2n) is 5.42. The van der Waals surface area contributed by atoms with Crippen LogP contribution < -0.4 is 10.6 Å². The lowest BCUT2D eigenvalue weighted by Crippen LogP contribution is -2.32. The summed E-state index contributed by atoms with van der Waals surface area (Å²) >= 11 is 0. The van der Waals surface area contributed by atoms with Gasteiger partial charge in [-0.25, -0.2) is 0 Å². The van der Waals surface area contributed by atoms with Gasteiger partial charge in [-0.2, -0.15) is 0 Å². The number of nitrogens with one attached hydrogen (secondary N) is 2. The Balaban J connectivity index is 1.89. The third kappa shape index (κ3) is 4.80. The van der Waals surface area contributed by atoms with Gasteiger partial charge < -0.3 is 15.4 Å². The van der Waals surface area contributed by atoms with Crippen LogP contribution in [0.5, 0.6) is 0 Å². The Hall–Kier alpha value is -1.95. The molecule has 2 amide bonds. The molecular formula is C16H23N3O3. The number of rotatable bonds is 7. The van der Waals surface area contributed by atoms with E-state index in [1.54, 1.807) is 6.07 Å². The molecule has 0 bridgehead atoms. The van der Waals surface area contributed by atoms with Gasteiger partial charge in [-0.1, -0.05) is 13.3 Å². The molecule has 2 rings (SSSR count). The van der Waals surface area contributed by atoms with E-state index in [2.05, 4.69) is 22.5 Å². The summed E-state index contributed by atoms with van der Waals surface area (Å²) in [7, 11) is 0. The van der Waals surface area contributed by atoms with Crippen molar-refractivity contribution in [2.24, 2.45) is 0 Å². The molecule has 6 heteroatoms. The van der Waals surface area contributed by atoms with Crippen LogP contribution in [0.1, 0.15) is 53.3 Å². The fourth-order valence-electron chi connectivity index (χ4n) is 2.28. The van der Waals surface area contributed by atoms with Crippen LogP contribution in [0, 0.1) is 0 Å². The topological polar surface area (TPSA) is 80.3 Å². The molecule has 120 valence electrons. The van der Waals surface area contributed by atoms with Crippen LogP contribution in [0.2, 0.25) is 0 Å². The molecule has 0 aromatic carbocycles. The first-order valence-electron chi connectivity index (χ1n) is 7.83. The van der Waals surface area contributed by atoms with Gasteiger partial charge >= 0.3 is 0 Å². The van der Waals surface area contributed by atoms with Crippen molar-refractivity contribution in [2.45, 2.75) is 38.7 Å². The van der Waals surface area contributed by atoms with Crippen molar-refractivity contribution in [3.05, 3.63) is 29.6 Å². The molecule has 1 saturated heterocycles. The van der Waals surface area contributed by atoms with E-state index in [4.69, 9.17) is 4.74 Å². The average molecular weight is 305 g/mol. The SMILES string of the molecule is CCCCNC(=O)c1cncc(C(=O)NCC2CCCO2)c1. The van der Waals surface area contributed by atoms with Gasteiger partial charge in [-0.05, 0) is 25.3 Å².